The van der Waals surface area contributed by atoms with Crippen molar-refractivity contribution in [1.82, 2.24) is 10.2 Å². The van der Waals surface area contributed by atoms with Gasteiger partial charge in [0.2, 0.25) is 0 Å². The number of benzene rings is 2. The zero-order valence-electron chi connectivity index (χ0n) is 12.1. The van der Waals surface area contributed by atoms with Gasteiger partial charge in [-0.05, 0) is 41.3 Å². The molecule has 3 rings (SSSR count). The molecule has 0 fully saturated rings. The van der Waals surface area contributed by atoms with E-state index in [4.69, 9.17) is 0 Å². The van der Waals surface area contributed by atoms with E-state index >= 15 is 0 Å². The van der Waals surface area contributed by atoms with Gasteiger partial charge in [0.05, 0.1) is 0 Å². The van der Waals surface area contributed by atoms with Crippen LogP contribution in [0, 0.1) is 0 Å². The third-order valence-corrected chi connectivity index (χ3v) is 4.24. The summed E-state index contributed by atoms with van der Waals surface area (Å²) in [4.78, 5) is 14.1. The average molecular weight is 357 g/mol. The Morgan fingerprint density at radius 2 is 1.95 bits per heavy atom. The van der Waals surface area contributed by atoms with Gasteiger partial charge in [-0.25, -0.2) is 4.79 Å². The van der Waals surface area contributed by atoms with Crippen LogP contribution in [0.4, 0.5) is 4.79 Å². The van der Waals surface area contributed by atoms with Crippen molar-refractivity contribution < 1.29 is 4.79 Å². The predicted octanol–water partition coefficient (Wildman–Crippen LogP) is 4.19. The fraction of sp³-hybridized carbons (Fsp3) is 0.167. The molecule has 1 aliphatic heterocycles. The van der Waals surface area contributed by atoms with Crippen LogP contribution in [0.3, 0.4) is 0 Å². The lowest BCUT2D eigenvalue weighted by Crippen LogP contribution is -2.40. The number of urea groups is 1. The highest BCUT2D eigenvalue weighted by Gasteiger charge is 2.19. The molecule has 0 radical (unpaired) electrons. The van der Waals surface area contributed by atoms with Crippen LogP contribution in [0.1, 0.15) is 16.7 Å². The highest BCUT2D eigenvalue weighted by Crippen LogP contribution is 2.18. The zero-order chi connectivity index (χ0) is 15.4. The van der Waals surface area contributed by atoms with Gasteiger partial charge in [-0.2, -0.15) is 0 Å². The number of rotatable bonds is 2. The Bertz CT molecular complexity index is 712. The van der Waals surface area contributed by atoms with E-state index in [0.717, 1.165) is 23.0 Å². The lowest BCUT2D eigenvalue weighted by atomic mass is 10.0. The molecule has 2 aromatic rings. The van der Waals surface area contributed by atoms with Crippen molar-refractivity contribution in [3.8, 4) is 0 Å². The summed E-state index contributed by atoms with van der Waals surface area (Å²) >= 11 is 3.43. The van der Waals surface area contributed by atoms with E-state index in [1.165, 1.54) is 11.1 Å². The van der Waals surface area contributed by atoms with Gasteiger partial charge in [-0.1, -0.05) is 52.3 Å². The third-order valence-electron chi connectivity index (χ3n) is 3.75. The van der Waals surface area contributed by atoms with Gasteiger partial charge < -0.3 is 10.2 Å². The van der Waals surface area contributed by atoms with Gasteiger partial charge in [0.25, 0.3) is 0 Å². The molecule has 1 heterocycles. The summed E-state index contributed by atoms with van der Waals surface area (Å²) in [5.74, 6) is 0. The van der Waals surface area contributed by atoms with Crippen molar-refractivity contribution in [3.05, 3.63) is 75.9 Å². The Morgan fingerprint density at radius 3 is 2.77 bits per heavy atom. The van der Waals surface area contributed by atoms with Crippen LogP contribution in [0.25, 0.3) is 6.08 Å². The summed E-state index contributed by atoms with van der Waals surface area (Å²) in [6, 6.07) is 16.2. The highest BCUT2D eigenvalue weighted by molar-refractivity contribution is 9.10. The molecule has 4 heteroatoms. The van der Waals surface area contributed by atoms with Gasteiger partial charge in [0.1, 0.15) is 0 Å². The molecule has 3 nitrogen and oxygen atoms in total. The molecule has 2 aromatic carbocycles. The van der Waals surface area contributed by atoms with E-state index < -0.39 is 0 Å². The first-order chi connectivity index (χ1) is 10.7. The highest BCUT2D eigenvalue weighted by atomic mass is 79.9. The molecule has 112 valence electrons. The first-order valence-electron chi connectivity index (χ1n) is 7.27. The van der Waals surface area contributed by atoms with Crippen LogP contribution in [0.15, 0.2) is 59.2 Å². The molecule has 0 aliphatic carbocycles. The molecular weight excluding hydrogens is 340 g/mol. The van der Waals surface area contributed by atoms with Crippen molar-refractivity contribution in [2.24, 2.45) is 0 Å². The van der Waals surface area contributed by atoms with Gasteiger partial charge in [-0.3, -0.25) is 0 Å². The van der Waals surface area contributed by atoms with Gasteiger partial charge in [0, 0.05) is 23.8 Å². The van der Waals surface area contributed by atoms with Crippen LogP contribution in [-0.2, 0) is 13.0 Å². The summed E-state index contributed by atoms with van der Waals surface area (Å²) < 4.78 is 1.02. The summed E-state index contributed by atoms with van der Waals surface area (Å²) in [5, 5.41) is 2.84. The zero-order valence-corrected chi connectivity index (χ0v) is 13.7. The number of carbonyl (C=O) groups is 1. The molecule has 2 amide bonds. The lowest BCUT2D eigenvalue weighted by molar-refractivity contribution is 0.196. The largest absolute Gasteiger partial charge is 0.321 e. The molecule has 1 N–H and O–H groups in total. The molecule has 0 aromatic heterocycles. The van der Waals surface area contributed by atoms with Crippen LogP contribution in [0.2, 0.25) is 0 Å². The minimum Gasteiger partial charge on any atom is -0.320 e. The number of amides is 2. The topological polar surface area (TPSA) is 32.3 Å². The van der Waals surface area contributed by atoms with Crippen LogP contribution < -0.4 is 5.32 Å². The van der Waals surface area contributed by atoms with E-state index in [0.29, 0.717) is 6.54 Å². The number of fused-ring (bicyclic) bond motifs is 1. The van der Waals surface area contributed by atoms with Gasteiger partial charge in [-0.15, -0.1) is 0 Å². The third kappa shape index (κ3) is 3.57. The standard InChI is InChI=1S/C18H17BrN2O/c19-17-7-3-4-14(12-17)8-10-20-18(22)21-11-9-15-5-1-2-6-16(15)13-21/h1-8,10,12H,9,11,13H2,(H,20,22)/b10-8+. The molecule has 1 aliphatic rings. The van der Waals surface area contributed by atoms with Crippen molar-refractivity contribution >= 4 is 28.0 Å². The maximum Gasteiger partial charge on any atom is 0.321 e. The maximum absolute atomic E-state index is 12.2. The van der Waals surface area contributed by atoms with E-state index in [2.05, 4.69) is 39.4 Å². The summed E-state index contributed by atoms with van der Waals surface area (Å²) in [6.45, 7) is 1.43. The second-order valence-electron chi connectivity index (χ2n) is 5.28. The second kappa shape index (κ2) is 6.79. The molecule has 22 heavy (non-hydrogen) atoms. The number of nitrogens with one attached hydrogen (secondary N) is 1. The number of hydrogen-bond donors (Lipinski definition) is 1. The number of halogens is 1. The number of hydrogen-bond acceptors (Lipinski definition) is 1. The Hall–Kier alpha value is -2.07. The Balaban J connectivity index is 1.59. The SMILES string of the molecule is O=C(N/C=C/c1cccc(Br)c1)N1CCc2ccccc2C1. The molecule has 0 saturated heterocycles. The minimum atomic E-state index is -0.0549. The lowest BCUT2D eigenvalue weighted by Gasteiger charge is -2.28. The molecule has 0 atom stereocenters. The Labute approximate surface area is 138 Å². The Morgan fingerprint density at radius 1 is 1.14 bits per heavy atom. The molecule has 0 unspecified atom stereocenters. The van der Waals surface area contributed by atoms with E-state index in [1.54, 1.807) is 6.20 Å². The fourth-order valence-electron chi connectivity index (χ4n) is 2.58. The van der Waals surface area contributed by atoms with Crippen molar-refractivity contribution in [2.45, 2.75) is 13.0 Å². The predicted molar refractivity (Wildman–Crippen MR) is 92.3 cm³/mol. The van der Waals surface area contributed by atoms with Crippen molar-refractivity contribution in [1.29, 1.82) is 0 Å². The second-order valence-corrected chi connectivity index (χ2v) is 6.19. The molecule has 0 spiro atoms. The minimum absolute atomic E-state index is 0.0549. The van der Waals surface area contributed by atoms with Crippen molar-refractivity contribution in [3.63, 3.8) is 0 Å². The van der Waals surface area contributed by atoms with Gasteiger partial charge in [0.15, 0.2) is 0 Å². The summed E-state index contributed by atoms with van der Waals surface area (Å²) in [7, 11) is 0. The van der Waals surface area contributed by atoms with Crippen molar-refractivity contribution in [2.75, 3.05) is 6.54 Å². The van der Waals surface area contributed by atoms with Crippen LogP contribution in [-0.4, -0.2) is 17.5 Å². The van der Waals surface area contributed by atoms with Crippen LogP contribution >= 0.6 is 15.9 Å². The monoisotopic (exact) mass is 356 g/mol. The first kappa shape index (κ1) is 14.9. The normalized spacial score (nSPS) is 14.0. The van der Waals surface area contributed by atoms with E-state index in [1.807, 2.05) is 41.3 Å². The summed E-state index contributed by atoms with van der Waals surface area (Å²) in [6.07, 6.45) is 4.50. The molecule has 0 bridgehead atoms. The van der Waals surface area contributed by atoms with E-state index in [9.17, 15) is 4.79 Å². The molecule has 0 saturated carbocycles. The molecular formula is C18H17BrN2O. The number of carbonyl (C=O) groups excluding carboxylic acids is 1. The maximum atomic E-state index is 12.2. The van der Waals surface area contributed by atoms with Gasteiger partial charge >= 0.3 is 6.03 Å². The smallest absolute Gasteiger partial charge is 0.320 e. The van der Waals surface area contributed by atoms with Crippen LogP contribution in [0.5, 0.6) is 0 Å². The van der Waals surface area contributed by atoms with E-state index in [-0.39, 0.29) is 6.03 Å². The fourth-order valence-corrected chi connectivity index (χ4v) is 3.00. The Kier molecular flexibility index (Phi) is 4.59. The average Bonchev–Trinajstić information content (AvgIpc) is 2.54. The first-order valence-corrected chi connectivity index (χ1v) is 8.06. The summed E-state index contributed by atoms with van der Waals surface area (Å²) in [5.41, 5.74) is 3.62. The quantitative estimate of drug-likeness (QED) is 0.859. The number of nitrogens with zero attached hydrogens (tertiary/aromatic N) is 1.